The van der Waals surface area contributed by atoms with Crippen molar-refractivity contribution in [3.8, 4) is 0 Å². The third kappa shape index (κ3) is 2.03. The van der Waals surface area contributed by atoms with Crippen molar-refractivity contribution in [1.29, 1.82) is 0 Å². The van der Waals surface area contributed by atoms with E-state index >= 15 is 0 Å². The molecule has 0 aromatic heterocycles. The zero-order valence-electron chi connectivity index (χ0n) is 12.5. The second kappa shape index (κ2) is 4.72. The van der Waals surface area contributed by atoms with Crippen molar-refractivity contribution in [3.63, 3.8) is 0 Å². The van der Waals surface area contributed by atoms with Gasteiger partial charge in [0.25, 0.3) is 0 Å². The number of piperazine rings is 1. The van der Waals surface area contributed by atoms with Gasteiger partial charge in [-0.15, -0.1) is 0 Å². The monoisotopic (exact) mass is 280 g/mol. The maximum absolute atomic E-state index is 12.9. The van der Waals surface area contributed by atoms with E-state index in [1.54, 1.807) is 7.11 Å². The molecule has 2 aliphatic carbocycles. The minimum absolute atomic E-state index is 0.0273. The predicted molar refractivity (Wildman–Crippen MR) is 74.0 cm³/mol. The van der Waals surface area contributed by atoms with Crippen LogP contribution in [0.4, 0.5) is 0 Å². The van der Waals surface area contributed by atoms with Crippen molar-refractivity contribution >= 4 is 11.8 Å². The SMILES string of the molecule is COCC(C)N1C(=O)C(C2CC2)NC(=O)C1(C)C1CC1. The molecule has 0 aromatic carbocycles. The second-order valence-electron chi connectivity index (χ2n) is 6.72. The van der Waals surface area contributed by atoms with Gasteiger partial charge >= 0.3 is 0 Å². The van der Waals surface area contributed by atoms with Crippen molar-refractivity contribution in [3.05, 3.63) is 0 Å². The molecule has 5 nitrogen and oxygen atoms in total. The molecule has 1 saturated heterocycles. The molecule has 3 aliphatic rings. The summed E-state index contributed by atoms with van der Waals surface area (Å²) in [5.41, 5.74) is -0.694. The molecule has 5 heteroatoms. The Morgan fingerprint density at radius 3 is 2.50 bits per heavy atom. The molecule has 3 fully saturated rings. The smallest absolute Gasteiger partial charge is 0.246 e. The number of carbonyl (C=O) groups excluding carboxylic acids is 2. The van der Waals surface area contributed by atoms with Crippen molar-refractivity contribution in [2.45, 2.75) is 57.2 Å². The second-order valence-corrected chi connectivity index (χ2v) is 6.72. The van der Waals surface area contributed by atoms with Crippen molar-refractivity contribution in [1.82, 2.24) is 10.2 Å². The summed E-state index contributed by atoms with van der Waals surface area (Å²) in [5, 5.41) is 3.00. The fourth-order valence-electron chi connectivity index (χ4n) is 3.60. The summed E-state index contributed by atoms with van der Waals surface area (Å²) in [6.45, 7) is 4.37. The lowest BCUT2D eigenvalue weighted by atomic mass is 9.86. The third-order valence-electron chi connectivity index (χ3n) is 5.06. The zero-order valence-corrected chi connectivity index (χ0v) is 12.5. The van der Waals surface area contributed by atoms with Crippen LogP contribution in [-0.4, -0.2) is 48.1 Å². The molecule has 0 aromatic rings. The average Bonchev–Trinajstić information content (AvgIpc) is 3.27. The summed E-state index contributed by atoms with van der Waals surface area (Å²) < 4.78 is 5.22. The van der Waals surface area contributed by atoms with Crippen molar-refractivity contribution in [2.75, 3.05) is 13.7 Å². The molecule has 0 radical (unpaired) electrons. The summed E-state index contributed by atoms with van der Waals surface area (Å²) in [6.07, 6.45) is 4.15. The Morgan fingerprint density at radius 2 is 2.00 bits per heavy atom. The van der Waals surface area contributed by atoms with Gasteiger partial charge in [0, 0.05) is 7.11 Å². The Morgan fingerprint density at radius 1 is 1.35 bits per heavy atom. The topological polar surface area (TPSA) is 58.6 Å². The number of carbonyl (C=O) groups is 2. The first-order valence-electron chi connectivity index (χ1n) is 7.63. The molecule has 1 aliphatic heterocycles. The van der Waals surface area contributed by atoms with Crippen LogP contribution in [0, 0.1) is 11.8 Å². The number of nitrogens with one attached hydrogen (secondary N) is 1. The van der Waals surface area contributed by atoms with Crippen LogP contribution in [-0.2, 0) is 14.3 Å². The summed E-state index contributed by atoms with van der Waals surface area (Å²) >= 11 is 0. The van der Waals surface area contributed by atoms with Gasteiger partial charge in [-0.25, -0.2) is 0 Å². The predicted octanol–water partition coefficient (Wildman–Crippen LogP) is 0.927. The third-order valence-corrected chi connectivity index (χ3v) is 5.06. The fourth-order valence-corrected chi connectivity index (χ4v) is 3.60. The largest absolute Gasteiger partial charge is 0.383 e. The van der Waals surface area contributed by atoms with Crippen LogP contribution >= 0.6 is 0 Å². The van der Waals surface area contributed by atoms with Crippen LogP contribution < -0.4 is 5.32 Å². The summed E-state index contributed by atoms with van der Waals surface area (Å²) in [7, 11) is 1.64. The van der Waals surface area contributed by atoms with Gasteiger partial charge in [-0.05, 0) is 51.4 Å². The molecule has 1 heterocycles. The molecule has 3 atom stereocenters. The normalized spacial score (nSPS) is 36.0. The van der Waals surface area contributed by atoms with Crippen LogP contribution in [0.15, 0.2) is 0 Å². The lowest BCUT2D eigenvalue weighted by Gasteiger charge is -2.49. The van der Waals surface area contributed by atoms with Gasteiger partial charge in [-0.1, -0.05) is 0 Å². The van der Waals surface area contributed by atoms with Crippen LogP contribution in [0.25, 0.3) is 0 Å². The highest BCUT2D eigenvalue weighted by molar-refractivity contribution is 6.00. The number of rotatable bonds is 5. The summed E-state index contributed by atoms with van der Waals surface area (Å²) in [4.78, 5) is 27.4. The summed E-state index contributed by atoms with van der Waals surface area (Å²) in [5.74, 6) is 0.754. The Kier molecular flexibility index (Phi) is 3.27. The van der Waals surface area contributed by atoms with E-state index in [1.165, 1.54) is 0 Å². The van der Waals surface area contributed by atoms with Crippen molar-refractivity contribution < 1.29 is 14.3 Å². The minimum atomic E-state index is -0.694. The zero-order chi connectivity index (χ0) is 14.5. The molecule has 2 amide bonds. The van der Waals surface area contributed by atoms with E-state index in [-0.39, 0.29) is 23.9 Å². The van der Waals surface area contributed by atoms with Crippen LogP contribution in [0.1, 0.15) is 39.5 Å². The minimum Gasteiger partial charge on any atom is -0.383 e. The molecular weight excluding hydrogens is 256 g/mol. The maximum atomic E-state index is 12.9. The number of methoxy groups -OCH3 is 1. The van der Waals surface area contributed by atoms with E-state index in [2.05, 4.69) is 5.32 Å². The first-order valence-corrected chi connectivity index (χ1v) is 7.63. The average molecular weight is 280 g/mol. The van der Waals surface area contributed by atoms with Crippen LogP contribution in [0.2, 0.25) is 0 Å². The van der Waals surface area contributed by atoms with Gasteiger partial charge in [0.15, 0.2) is 0 Å². The molecule has 2 saturated carbocycles. The number of amides is 2. The van der Waals surface area contributed by atoms with Gasteiger partial charge in [-0.2, -0.15) is 0 Å². The Hall–Kier alpha value is -1.10. The molecular formula is C15H24N2O3. The van der Waals surface area contributed by atoms with E-state index < -0.39 is 5.54 Å². The van der Waals surface area contributed by atoms with E-state index in [0.29, 0.717) is 18.4 Å². The Labute approximate surface area is 120 Å². The summed E-state index contributed by atoms with van der Waals surface area (Å²) in [6, 6.07) is -0.376. The molecule has 3 rings (SSSR count). The lowest BCUT2D eigenvalue weighted by molar-refractivity contribution is -0.163. The van der Waals surface area contributed by atoms with Crippen LogP contribution in [0.5, 0.6) is 0 Å². The first-order chi connectivity index (χ1) is 9.50. The number of ether oxygens (including phenoxy) is 1. The van der Waals surface area contributed by atoms with Crippen LogP contribution in [0.3, 0.4) is 0 Å². The molecule has 112 valence electrons. The quantitative estimate of drug-likeness (QED) is 0.815. The van der Waals surface area contributed by atoms with Gasteiger partial charge in [-0.3, -0.25) is 9.59 Å². The van der Waals surface area contributed by atoms with Gasteiger partial charge in [0.2, 0.25) is 11.8 Å². The number of hydrogen-bond acceptors (Lipinski definition) is 3. The molecule has 0 bridgehead atoms. The van der Waals surface area contributed by atoms with Gasteiger partial charge < -0.3 is 15.0 Å². The molecule has 20 heavy (non-hydrogen) atoms. The highest BCUT2D eigenvalue weighted by Crippen LogP contribution is 2.47. The van der Waals surface area contributed by atoms with Gasteiger partial charge in [0.05, 0.1) is 12.6 Å². The van der Waals surface area contributed by atoms with Gasteiger partial charge in [0.1, 0.15) is 11.6 Å². The van der Waals surface area contributed by atoms with E-state index in [0.717, 1.165) is 25.7 Å². The standard InChI is InChI=1S/C15H24N2O3/c1-9(8-20-3)17-13(18)12(10-4-5-10)16-14(19)15(17,2)11-6-7-11/h9-12H,4-8H2,1-3H3,(H,16,19). The van der Waals surface area contributed by atoms with E-state index in [9.17, 15) is 9.59 Å². The highest BCUT2D eigenvalue weighted by Gasteiger charge is 2.59. The lowest BCUT2D eigenvalue weighted by Crippen LogP contribution is -2.73. The highest BCUT2D eigenvalue weighted by atomic mass is 16.5. The van der Waals surface area contributed by atoms with E-state index in [1.807, 2.05) is 18.7 Å². The Balaban J connectivity index is 1.91. The van der Waals surface area contributed by atoms with E-state index in [4.69, 9.17) is 4.74 Å². The van der Waals surface area contributed by atoms with Crippen molar-refractivity contribution in [2.24, 2.45) is 11.8 Å². The Bertz CT molecular complexity index is 431. The first kappa shape index (κ1) is 13.9. The fraction of sp³-hybridized carbons (Fsp3) is 0.867. The number of nitrogens with zero attached hydrogens (tertiary/aromatic N) is 1. The maximum Gasteiger partial charge on any atom is 0.246 e. The molecule has 0 spiro atoms. The molecule has 3 unspecified atom stereocenters. The number of hydrogen-bond donors (Lipinski definition) is 1. The molecule has 1 N–H and O–H groups in total.